The first-order chi connectivity index (χ1) is 12.7. The molecule has 0 saturated carbocycles. The summed E-state index contributed by atoms with van der Waals surface area (Å²) in [5.74, 6) is 1.69. The number of hydrogen-bond donors (Lipinski definition) is 1. The Bertz CT molecular complexity index is 679. The minimum absolute atomic E-state index is 0.831. The Balaban J connectivity index is 1.37. The van der Waals surface area contributed by atoms with E-state index in [1.54, 1.807) is 7.11 Å². The smallest absolute Gasteiger partial charge is 0.173 e. The van der Waals surface area contributed by atoms with Crippen LogP contribution in [0.2, 0.25) is 0 Å². The molecular weight excluding hydrogens is 340 g/mol. The number of anilines is 1. The van der Waals surface area contributed by atoms with Crippen molar-refractivity contribution in [3.05, 3.63) is 60.2 Å². The lowest BCUT2D eigenvalue weighted by Crippen LogP contribution is -2.40. The van der Waals surface area contributed by atoms with Gasteiger partial charge in [0.2, 0.25) is 0 Å². The van der Waals surface area contributed by atoms with Crippen molar-refractivity contribution in [3.63, 3.8) is 0 Å². The highest BCUT2D eigenvalue weighted by Gasteiger charge is 2.20. The van der Waals surface area contributed by atoms with E-state index in [0.29, 0.717) is 0 Å². The highest BCUT2D eigenvalue weighted by molar-refractivity contribution is 7.80. The molecule has 0 atom stereocenters. The molecule has 1 aliphatic heterocycles. The molecule has 3 nitrogen and oxygen atoms in total. The molecular formula is C22H28N2OS. The van der Waals surface area contributed by atoms with Crippen LogP contribution in [0.25, 0.3) is 0 Å². The quantitative estimate of drug-likeness (QED) is 0.715. The standard InChI is InChI=1S/C22H28N2OS/c1-25-21-12-10-20(11-13-21)23-22(26)24-16-14-19(15-17-24)9-5-8-18-6-3-2-4-7-18/h2-4,6-7,10-13,19H,5,8-9,14-17H2,1H3,(H,23,26). The first kappa shape index (κ1) is 18.7. The summed E-state index contributed by atoms with van der Waals surface area (Å²) >= 11 is 5.59. The molecule has 26 heavy (non-hydrogen) atoms. The van der Waals surface area contributed by atoms with Gasteiger partial charge < -0.3 is 15.0 Å². The van der Waals surface area contributed by atoms with E-state index in [1.807, 2.05) is 24.3 Å². The van der Waals surface area contributed by atoms with E-state index in [1.165, 1.54) is 37.7 Å². The van der Waals surface area contributed by atoms with Crippen LogP contribution in [-0.4, -0.2) is 30.2 Å². The lowest BCUT2D eigenvalue weighted by Gasteiger charge is -2.34. The predicted octanol–water partition coefficient (Wildman–Crippen LogP) is 5.13. The average Bonchev–Trinajstić information content (AvgIpc) is 2.70. The lowest BCUT2D eigenvalue weighted by molar-refractivity contribution is 0.255. The molecule has 2 aromatic carbocycles. The SMILES string of the molecule is COc1ccc(NC(=S)N2CCC(CCCc3ccccc3)CC2)cc1. The fraction of sp³-hybridized carbons (Fsp3) is 0.409. The molecule has 3 rings (SSSR count). The van der Waals surface area contributed by atoms with Gasteiger partial charge >= 0.3 is 0 Å². The molecule has 2 aromatic rings. The summed E-state index contributed by atoms with van der Waals surface area (Å²) in [5.41, 5.74) is 2.47. The summed E-state index contributed by atoms with van der Waals surface area (Å²) < 4.78 is 5.19. The molecule has 1 fully saturated rings. The van der Waals surface area contributed by atoms with Gasteiger partial charge in [0, 0.05) is 18.8 Å². The van der Waals surface area contributed by atoms with Gasteiger partial charge in [-0.3, -0.25) is 0 Å². The highest BCUT2D eigenvalue weighted by atomic mass is 32.1. The molecule has 0 spiro atoms. The number of rotatable bonds is 6. The lowest BCUT2D eigenvalue weighted by atomic mass is 9.91. The van der Waals surface area contributed by atoms with Crippen molar-refractivity contribution in [2.45, 2.75) is 32.1 Å². The van der Waals surface area contributed by atoms with Gasteiger partial charge in [-0.05, 0) is 80.1 Å². The van der Waals surface area contributed by atoms with Crippen LogP contribution in [-0.2, 0) is 6.42 Å². The zero-order valence-corrected chi connectivity index (χ0v) is 16.3. The number of nitrogens with one attached hydrogen (secondary N) is 1. The van der Waals surface area contributed by atoms with Crippen LogP contribution < -0.4 is 10.1 Å². The second kappa shape index (κ2) is 9.58. The topological polar surface area (TPSA) is 24.5 Å². The Labute approximate surface area is 162 Å². The number of likely N-dealkylation sites (tertiary alicyclic amines) is 1. The number of ether oxygens (including phenoxy) is 1. The van der Waals surface area contributed by atoms with Gasteiger partial charge in [-0.15, -0.1) is 0 Å². The molecule has 0 aliphatic carbocycles. The van der Waals surface area contributed by atoms with Gasteiger partial charge in [-0.2, -0.15) is 0 Å². The second-order valence-corrected chi connectivity index (χ2v) is 7.35. The van der Waals surface area contributed by atoms with E-state index in [0.717, 1.165) is 35.6 Å². The van der Waals surface area contributed by atoms with Crippen molar-refractivity contribution in [1.82, 2.24) is 4.90 Å². The monoisotopic (exact) mass is 368 g/mol. The second-order valence-electron chi connectivity index (χ2n) is 6.97. The largest absolute Gasteiger partial charge is 0.497 e. The summed E-state index contributed by atoms with van der Waals surface area (Å²) in [6.45, 7) is 2.11. The number of methoxy groups -OCH3 is 1. The van der Waals surface area contributed by atoms with Crippen LogP contribution in [0, 0.1) is 5.92 Å². The summed E-state index contributed by atoms with van der Waals surface area (Å²) in [6.07, 6.45) is 6.27. The number of nitrogens with zero attached hydrogens (tertiary/aromatic N) is 1. The maximum Gasteiger partial charge on any atom is 0.173 e. The average molecular weight is 369 g/mol. The molecule has 0 radical (unpaired) electrons. The van der Waals surface area contributed by atoms with Crippen molar-refractivity contribution < 1.29 is 4.74 Å². The van der Waals surface area contributed by atoms with Crippen LogP contribution in [0.5, 0.6) is 5.75 Å². The Hall–Kier alpha value is -2.07. The third-order valence-electron chi connectivity index (χ3n) is 5.16. The van der Waals surface area contributed by atoms with Crippen molar-refractivity contribution in [3.8, 4) is 5.75 Å². The number of benzene rings is 2. The van der Waals surface area contributed by atoms with E-state index in [9.17, 15) is 0 Å². The number of piperidine rings is 1. The van der Waals surface area contributed by atoms with Crippen LogP contribution in [0.3, 0.4) is 0 Å². The number of aryl methyl sites for hydroxylation is 1. The van der Waals surface area contributed by atoms with Gasteiger partial charge in [0.1, 0.15) is 5.75 Å². The number of hydrogen-bond acceptors (Lipinski definition) is 2. The molecule has 0 aromatic heterocycles. The molecule has 1 saturated heterocycles. The van der Waals surface area contributed by atoms with Crippen LogP contribution in [0.4, 0.5) is 5.69 Å². The summed E-state index contributed by atoms with van der Waals surface area (Å²) in [7, 11) is 1.68. The Morgan fingerprint density at radius 1 is 1.08 bits per heavy atom. The molecule has 0 amide bonds. The van der Waals surface area contributed by atoms with E-state index in [-0.39, 0.29) is 0 Å². The van der Waals surface area contributed by atoms with Crippen LogP contribution in [0.1, 0.15) is 31.2 Å². The normalized spacial score (nSPS) is 14.9. The Morgan fingerprint density at radius 2 is 1.77 bits per heavy atom. The third kappa shape index (κ3) is 5.46. The minimum atomic E-state index is 0.831. The van der Waals surface area contributed by atoms with Crippen molar-refractivity contribution in [2.24, 2.45) is 5.92 Å². The fourth-order valence-corrected chi connectivity index (χ4v) is 3.84. The Kier molecular flexibility index (Phi) is 6.89. The molecule has 1 N–H and O–H groups in total. The van der Waals surface area contributed by atoms with Crippen LogP contribution >= 0.6 is 12.2 Å². The zero-order valence-electron chi connectivity index (χ0n) is 15.5. The first-order valence-electron chi connectivity index (χ1n) is 9.48. The van der Waals surface area contributed by atoms with Gasteiger partial charge in [0.25, 0.3) is 0 Å². The fourth-order valence-electron chi connectivity index (χ4n) is 3.54. The summed E-state index contributed by atoms with van der Waals surface area (Å²) in [5, 5.41) is 4.18. The molecule has 138 valence electrons. The van der Waals surface area contributed by atoms with E-state index >= 15 is 0 Å². The summed E-state index contributed by atoms with van der Waals surface area (Å²) in [4.78, 5) is 2.30. The predicted molar refractivity (Wildman–Crippen MR) is 113 cm³/mol. The third-order valence-corrected chi connectivity index (χ3v) is 5.52. The van der Waals surface area contributed by atoms with Gasteiger partial charge in [-0.1, -0.05) is 30.3 Å². The number of thiocarbonyl (C=S) groups is 1. The van der Waals surface area contributed by atoms with E-state index in [4.69, 9.17) is 17.0 Å². The van der Waals surface area contributed by atoms with Gasteiger partial charge in [-0.25, -0.2) is 0 Å². The van der Waals surface area contributed by atoms with Crippen LogP contribution in [0.15, 0.2) is 54.6 Å². The molecule has 0 bridgehead atoms. The van der Waals surface area contributed by atoms with Crippen molar-refractivity contribution in [2.75, 3.05) is 25.5 Å². The maximum atomic E-state index is 5.59. The van der Waals surface area contributed by atoms with Crippen molar-refractivity contribution >= 4 is 23.0 Å². The maximum absolute atomic E-state index is 5.59. The highest BCUT2D eigenvalue weighted by Crippen LogP contribution is 2.24. The molecule has 0 unspecified atom stereocenters. The summed E-state index contributed by atoms with van der Waals surface area (Å²) in [6, 6.07) is 18.7. The Morgan fingerprint density at radius 3 is 2.42 bits per heavy atom. The van der Waals surface area contributed by atoms with Gasteiger partial charge in [0.15, 0.2) is 5.11 Å². The molecule has 4 heteroatoms. The van der Waals surface area contributed by atoms with Gasteiger partial charge in [0.05, 0.1) is 7.11 Å². The van der Waals surface area contributed by atoms with E-state index < -0.39 is 0 Å². The molecule has 1 aliphatic rings. The van der Waals surface area contributed by atoms with Crippen molar-refractivity contribution in [1.29, 1.82) is 0 Å². The first-order valence-corrected chi connectivity index (χ1v) is 9.89. The minimum Gasteiger partial charge on any atom is -0.497 e. The molecule has 1 heterocycles. The zero-order chi connectivity index (χ0) is 18.2. The van der Waals surface area contributed by atoms with E-state index in [2.05, 4.69) is 40.5 Å².